The number of para-hydroxylation sites is 1. The van der Waals surface area contributed by atoms with Crippen molar-refractivity contribution in [1.29, 1.82) is 0 Å². The van der Waals surface area contributed by atoms with Gasteiger partial charge in [-0.3, -0.25) is 9.59 Å². The van der Waals surface area contributed by atoms with E-state index < -0.39 is 0 Å². The number of anilines is 2. The van der Waals surface area contributed by atoms with Crippen LogP contribution in [0.3, 0.4) is 0 Å². The normalized spacial score (nSPS) is 14.0. The lowest BCUT2D eigenvalue weighted by atomic mass is 10.1. The van der Waals surface area contributed by atoms with Gasteiger partial charge in [-0.1, -0.05) is 43.6 Å². The molecule has 3 rings (SSSR count). The van der Waals surface area contributed by atoms with Gasteiger partial charge in [0.2, 0.25) is 11.8 Å². The molecule has 6 nitrogen and oxygen atoms in total. The van der Waals surface area contributed by atoms with Gasteiger partial charge < -0.3 is 19.9 Å². The predicted molar refractivity (Wildman–Crippen MR) is 120 cm³/mol. The van der Waals surface area contributed by atoms with Crippen molar-refractivity contribution in [2.75, 3.05) is 43.5 Å². The molecule has 1 aliphatic heterocycles. The summed E-state index contributed by atoms with van der Waals surface area (Å²) in [5.41, 5.74) is 2.39. The summed E-state index contributed by atoms with van der Waals surface area (Å²) in [6.07, 6.45) is 0.257. The summed E-state index contributed by atoms with van der Waals surface area (Å²) in [6, 6.07) is 12.9. The van der Waals surface area contributed by atoms with Gasteiger partial charge in [0.1, 0.15) is 5.75 Å². The molecule has 1 saturated heterocycles. The Morgan fingerprint density at radius 1 is 1.07 bits per heavy atom. The van der Waals surface area contributed by atoms with Crippen molar-refractivity contribution in [3.8, 4) is 5.75 Å². The van der Waals surface area contributed by atoms with Gasteiger partial charge in [0.05, 0.1) is 29.9 Å². The van der Waals surface area contributed by atoms with E-state index in [2.05, 4.69) is 10.2 Å². The zero-order valence-electron chi connectivity index (χ0n) is 17.7. The lowest BCUT2D eigenvalue weighted by Crippen LogP contribution is -2.50. The van der Waals surface area contributed by atoms with E-state index in [1.54, 1.807) is 7.11 Å². The summed E-state index contributed by atoms with van der Waals surface area (Å²) < 4.78 is 5.16. The van der Waals surface area contributed by atoms with Crippen molar-refractivity contribution in [3.05, 3.63) is 53.1 Å². The summed E-state index contributed by atoms with van der Waals surface area (Å²) in [5, 5.41) is 3.59. The SMILES string of the molecule is COc1ccc(CC(=O)Nc2cccc(Cl)c2N2CCN(C(=O)C(C)C)CC2)cc1. The fraction of sp³-hybridized carbons (Fsp3) is 0.391. The van der Waals surface area contributed by atoms with Crippen molar-refractivity contribution < 1.29 is 14.3 Å². The van der Waals surface area contributed by atoms with Crippen LogP contribution >= 0.6 is 11.6 Å². The Morgan fingerprint density at radius 3 is 2.33 bits per heavy atom. The highest BCUT2D eigenvalue weighted by molar-refractivity contribution is 6.34. The molecule has 2 amide bonds. The molecule has 0 bridgehead atoms. The number of ether oxygens (including phenoxy) is 1. The molecule has 0 radical (unpaired) electrons. The first-order chi connectivity index (χ1) is 14.4. The first kappa shape index (κ1) is 22.0. The molecule has 0 saturated carbocycles. The monoisotopic (exact) mass is 429 g/mol. The Morgan fingerprint density at radius 2 is 1.73 bits per heavy atom. The second-order valence-corrected chi connectivity index (χ2v) is 8.08. The molecule has 0 atom stereocenters. The molecule has 7 heteroatoms. The molecule has 0 aromatic heterocycles. The van der Waals surface area contributed by atoms with Crippen LogP contribution in [0.1, 0.15) is 19.4 Å². The summed E-state index contributed by atoms with van der Waals surface area (Å²) in [6.45, 7) is 6.45. The molecule has 30 heavy (non-hydrogen) atoms. The first-order valence-corrected chi connectivity index (χ1v) is 10.5. The molecule has 1 N–H and O–H groups in total. The maximum Gasteiger partial charge on any atom is 0.228 e. The van der Waals surface area contributed by atoms with Crippen LogP contribution in [-0.4, -0.2) is 50.0 Å². The third-order valence-corrected chi connectivity index (χ3v) is 5.49. The predicted octanol–water partition coefficient (Wildman–Crippen LogP) is 3.83. The van der Waals surface area contributed by atoms with Crippen LogP contribution in [0.5, 0.6) is 5.75 Å². The number of amides is 2. The minimum Gasteiger partial charge on any atom is -0.497 e. The molecule has 0 spiro atoms. The van der Waals surface area contributed by atoms with Gasteiger partial charge in [-0.2, -0.15) is 0 Å². The second-order valence-electron chi connectivity index (χ2n) is 7.68. The number of nitrogens with zero attached hydrogens (tertiary/aromatic N) is 2. The highest BCUT2D eigenvalue weighted by atomic mass is 35.5. The average molecular weight is 430 g/mol. The van der Waals surface area contributed by atoms with Gasteiger partial charge in [-0.25, -0.2) is 0 Å². The molecule has 2 aromatic rings. The van der Waals surface area contributed by atoms with Crippen molar-refractivity contribution >= 4 is 34.8 Å². The zero-order chi connectivity index (χ0) is 21.7. The van der Waals surface area contributed by atoms with E-state index in [-0.39, 0.29) is 24.2 Å². The number of benzene rings is 2. The molecule has 1 fully saturated rings. The van der Waals surface area contributed by atoms with Gasteiger partial charge in [0.25, 0.3) is 0 Å². The Labute approximate surface area is 182 Å². The molecule has 1 aliphatic rings. The van der Waals surface area contributed by atoms with Gasteiger partial charge in [-0.05, 0) is 29.8 Å². The third-order valence-electron chi connectivity index (χ3n) is 5.19. The van der Waals surface area contributed by atoms with Crippen molar-refractivity contribution in [2.24, 2.45) is 5.92 Å². The molecule has 0 unspecified atom stereocenters. The smallest absolute Gasteiger partial charge is 0.228 e. The van der Waals surface area contributed by atoms with Crippen molar-refractivity contribution in [1.82, 2.24) is 4.90 Å². The van der Waals surface area contributed by atoms with E-state index in [9.17, 15) is 9.59 Å². The van der Waals surface area contributed by atoms with Crippen LogP contribution in [-0.2, 0) is 16.0 Å². The Balaban J connectivity index is 1.69. The van der Waals surface area contributed by atoms with Gasteiger partial charge in [0, 0.05) is 32.1 Å². The Bertz CT molecular complexity index is 891. The first-order valence-electron chi connectivity index (χ1n) is 10.1. The largest absolute Gasteiger partial charge is 0.497 e. The van der Waals surface area contributed by atoms with Gasteiger partial charge >= 0.3 is 0 Å². The van der Waals surface area contributed by atoms with Crippen molar-refractivity contribution in [2.45, 2.75) is 20.3 Å². The molecule has 1 heterocycles. The Hall–Kier alpha value is -2.73. The zero-order valence-corrected chi connectivity index (χ0v) is 18.4. The van der Waals surface area contributed by atoms with Gasteiger partial charge in [0.15, 0.2) is 0 Å². The number of methoxy groups -OCH3 is 1. The molecular formula is C23H28ClN3O3. The van der Waals surface area contributed by atoms with E-state index in [4.69, 9.17) is 16.3 Å². The van der Waals surface area contributed by atoms with Crippen LogP contribution < -0.4 is 15.0 Å². The summed E-state index contributed by atoms with van der Waals surface area (Å²) >= 11 is 6.50. The Kier molecular flexibility index (Phi) is 7.21. The number of hydrogen-bond donors (Lipinski definition) is 1. The van der Waals surface area contributed by atoms with Crippen LogP contribution in [0.25, 0.3) is 0 Å². The maximum absolute atomic E-state index is 12.6. The van der Waals surface area contributed by atoms with E-state index in [1.807, 2.05) is 61.2 Å². The number of rotatable bonds is 6. The lowest BCUT2D eigenvalue weighted by Gasteiger charge is -2.38. The van der Waals surface area contributed by atoms with Crippen LogP contribution in [0, 0.1) is 5.92 Å². The number of hydrogen-bond acceptors (Lipinski definition) is 4. The average Bonchev–Trinajstić information content (AvgIpc) is 2.74. The standard InChI is InChI=1S/C23H28ClN3O3/c1-16(2)23(29)27-13-11-26(12-14-27)22-19(24)5-4-6-20(22)25-21(28)15-17-7-9-18(30-3)10-8-17/h4-10,16H,11-15H2,1-3H3,(H,25,28). The number of halogens is 1. The third kappa shape index (κ3) is 5.25. The van der Waals surface area contributed by atoms with Gasteiger partial charge in [-0.15, -0.1) is 0 Å². The number of carbonyl (C=O) groups excluding carboxylic acids is 2. The fourth-order valence-corrected chi connectivity index (χ4v) is 3.87. The number of piperazine rings is 1. The summed E-state index contributed by atoms with van der Waals surface area (Å²) in [4.78, 5) is 28.9. The van der Waals surface area contributed by atoms with E-state index in [1.165, 1.54) is 0 Å². The molecule has 160 valence electrons. The van der Waals surface area contributed by atoms with Crippen molar-refractivity contribution in [3.63, 3.8) is 0 Å². The summed E-state index contributed by atoms with van der Waals surface area (Å²) in [5.74, 6) is 0.801. The van der Waals surface area contributed by atoms with E-state index >= 15 is 0 Å². The minimum atomic E-state index is -0.114. The van der Waals surface area contributed by atoms with Crippen LogP contribution in [0.2, 0.25) is 5.02 Å². The second kappa shape index (κ2) is 9.85. The highest BCUT2D eigenvalue weighted by Crippen LogP contribution is 2.34. The highest BCUT2D eigenvalue weighted by Gasteiger charge is 2.25. The van der Waals surface area contributed by atoms with E-state index in [0.29, 0.717) is 36.9 Å². The fourth-order valence-electron chi connectivity index (χ4n) is 3.58. The molecule has 0 aliphatic carbocycles. The number of nitrogens with one attached hydrogen (secondary N) is 1. The maximum atomic E-state index is 12.6. The topological polar surface area (TPSA) is 61.9 Å². The lowest BCUT2D eigenvalue weighted by molar-refractivity contribution is -0.134. The molecular weight excluding hydrogens is 402 g/mol. The van der Waals surface area contributed by atoms with Crippen LogP contribution in [0.4, 0.5) is 11.4 Å². The minimum absolute atomic E-state index is 0.00957. The quantitative estimate of drug-likeness (QED) is 0.758. The molecule has 2 aromatic carbocycles. The summed E-state index contributed by atoms with van der Waals surface area (Å²) in [7, 11) is 1.61. The van der Waals surface area contributed by atoms with E-state index in [0.717, 1.165) is 17.0 Å². The number of carbonyl (C=O) groups is 2. The van der Waals surface area contributed by atoms with Crippen LogP contribution in [0.15, 0.2) is 42.5 Å².